The van der Waals surface area contributed by atoms with Crippen molar-refractivity contribution in [3.8, 4) is 0 Å². The second-order valence-corrected chi connectivity index (χ2v) is 7.22. The molecule has 0 spiro atoms. The fraction of sp³-hybridized carbons (Fsp3) is 0.632. The van der Waals surface area contributed by atoms with Crippen molar-refractivity contribution in [3.63, 3.8) is 0 Å². The Morgan fingerprint density at radius 2 is 2.00 bits per heavy atom. The molecule has 2 rings (SSSR count). The SMILES string of the molecule is Cc1cc(C(=O)N(C)C(CN2CCC(O)CC2)C(C)C)ccc1F. The molecule has 24 heavy (non-hydrogen) atoms. The number of likely N-dealkylation sites (N-methyl/N-ethyl adjacent to an activating group) is 1. The maximum Gasteiger partial charge on any atom is 0.253 e. The average molecular weight is 336 g/mol. The lowest BCUT2D eigenvalue weighted by atomic mass is 9.99. The third kappa shape index (κ3) is 4.54. The van der Waals surface area contributed by atoms with E-state index >= 15 is 0 Å². The largest absolute Gasteiger partial charge is 0.393 e. The van der Waals surface area contributed by atoms with Gasteiger partial charge in [-0.05, 0) is 49.4 Å². The van der Waals surface area contributed by atoms with Gasteiger partial charge in [0.15, 0.2) is 0 Å². The van der Waals surface area contributed by atoms with Crippen LogP contribution in [0.25, 0.3) is 0 Å². The first kappa shape index (κ1) is 18.9. The van der Waals surface area contributed by atoms with Gasteiger partial charge in [0.1, 0.15) is 5.82 Å². The predicted molar refractivity (Wildman–Crippen MR) is 93.5 cm³/mol. The van der Waals surface area contributed by atoms with Crippen LogP contribution < -0.4 is 0 Å². The Morgan fingerprint density at radius 1 is 1.38 bits per heavy atom. The molecular formula is C19H29FN2O2. The van der Waals surface area contributed by atoms with E-state index in [9.17, 15) is 14.3 Å². The zero-order valence-electron chi connectivity index (χ0n) is 15.1. The third-order valence-corrected chi connectivity index (χ3v) is 4.99. The summed E-state index contributed by atoms with van der Waals surface area (Å²) in [6, 6.07) is 4.60. The molecule has 1 unspecified atom stereocenters. The van der Waals surface area contributed by atoms with Crippen molar-refractivity contribution in [2.75, 3.05) is 26.7 Å². The minimum Gasteiger partial charge on any atom is -0.393 e. The van der Waals surface area contributed by atoms with Crippen molar-refractivity contribution in [3.05, 3.63) is 35.1 Å². The van der Waals surface area contributed by atoms with E-state index in [2.05, 4.69) is 18.7 Å². The number of hydrogen-bond donors (Lipinski definition) is 1. The van der Waals surface area contributed by atoms with E-state index in [1.807, 2.05) is 7.05 Å². The molecule has 0 radical (unpaired) electrons. The summed E-state index contributed by atoms with van der Waals surface area (Å²) in [5.41, 5.74) is 1.01. The molecule has 1 atom stereocenters. The second-order valence-electron chi connectivity index (χ2n) is 7.22. The third-order valence-electron chi connectivity index (χ3n) is 4.99. The van der Waals surface area contributed by atoms with E-state index in [0.29, 0.717) is 17.0 Å². The minimum atomic E-state index is -0.290. The van der Waals surface area contributed by atoms with Gasteiger partial charge >= 0.3 is 0 Å². The molecule has 1 aromatic carbocycles. The number of nitrogens with zero attached hydrogens (tertiary/aromatic N) is 2. The van der Waals surface area contributed by atoms with E-state index in [4.69, 9.17) is 0 Å². The average Bonchev–Trinajstić information content (AvgIpc) is 2.55. The Morgan fingerprint density at radius 3 is 2.54 bits per heavy atom. The molecule has 1 aliphatic rings. The molecule has 5 heteroatoms. The van der Waals surface area contributed by atoms with Gasteiger partial charge in [0, 0.05) is 38.3 Å². The Kier molecular flexibility index (Phi) is 6.35. The fourth-order valence-corrected chi connectivity index (χ4v) is 3.28. The van der Waals surface area contributed by atoms with Gasteiger partial charge in [0.25, 0.3) is 5.91 Å². The van der Waals surface area contributed by atoms with Crippen LogP contribution in [0.1, 0.15) is 42.6 Å². The molecule has 134 valence electrons. The molecule has 1 aliphatic heterocycles. The summed E-state index contributed by atoms with van der Waals surface area (Å²) >= 11 is 0. The molecule has 0 bridgehead atoms. The number of halogens is 1. The first-order chi connectivity index (χ1) is 11.3. The molecule has 1 fully saturated rings. The molecule has 1 saturated heterocycles. The van der Waals surface area contributed by atoms with Crippen molar-refractivity contribution in [2.24, 2.45) is 5.92 Å². The van der Waals surface area contributed by atoms with E-state index < -0.39 is 0 Å². The summed E-state index contributed by atoms with van der Waals surface area (Å²) < 4.78 is 13.4. The smallest absolute Gasteiger partial charge is 0.253 e. The molecule has 0 aliphatic carbocycles. The van der Waals surface area contributed by atoms with Crippen molar-refractivity contribution in [1.29, 1.82) is 0 Å². The molecule has 1 N–H and O–H groups in total. The zero-order valence-corrected chi connectivity index (χ0v) is 15.1. The number of likely N-dealkylation sites (tertiary alicyclic amines) is 1. The summed E-state index contributed by atoms with van der Waals surface area (Å²) in [5.74, 6) is -0.0531. The van der Waals surface area contributed by atoms with Crippen LogP contribution in [0.15, 0.2) is 18.2 Å². The van der Waals surface area contributed by atoms with Gasteiger partial charge in [-0.1, -0.05) is 13.8 Å². The van der Waals surface area contributed by atoms with Gasteiger partial charge in [-0.25, -0.2) is 4.39 Å². The number of carbonyl (C=O) groups excluding carboxylic acids is 1. The Bertz CT molecular complexity index is 568. The topological polar surface area (TPSA) is 43.8 Å². The number of amides is 1. The number of piperidine rings is 1. The van der Waals surface area contributed by atoms with Crippen LogP contribution in [0, 0.1) is 18.7 Å². The lowest BCUT2D eigenvalue weighted by molar-refractivity contribution is 0.0473. The number of benzene rings is 1. The summed E-state index contributed by atoms with van der Waals surface area (Å²) in [6.07, 6.45) is 1.39. The van der Waals surface area contributed by atoms with Crippen molar-refractivity contribution in [2.45, 2.75) is 45.8 Å². The summed E-state index contributed by atoms with van der Waals surface area (Å²) in [6.45, 7) is 8.42. The number of carbonyl (C=O) groups is 1. The van der Waals surface area contributed by atoms with Crippen molar-refractivity contribution >= 4 is 5.91 Å². The normalized spacial score (nSPS) is 18.0. The molecule has 1 heterocycles. The van der Waals surface area contributed by atoms with Gasteiger partial charge in [0.05, 0.1) is 6.10 Å². The molecule has 0 aromatic heterocycles. The number of rotatable bonds is 5. The molecule has 1 amide bonds. The maximum absolute atomic E-state index is 13.4. The first-order valence-corrected chi connectivity index (χ1v) is 8.73. The number of aliphatic hydroxyl groups is 1. The molecular weight excluding hydrogens is 307 g/mol. The summed E-state index contributed by atoms with van der Waals surface area (Å²) in [5, 5.41) is 9.64. The van der Waals surface area contributed by atoms with Gasteiger partial charge < -0.3 is 14.9 Å². The molecule has 0 saturated carbocycles. The van der Waals surface area contributed by atoms with Crippen LogP contribution >= 0.6 is 0 Å². The fourth-order valence-electron chi connectivity index (χ4n) is 3.28. The highest BCUT2D eigenvalue weighted by Gasteiger charge is 2.28. The number of aryl methyl sites for hydroxylation is 1. The molecule has 1 aromatic rings. The molecule has 4 nitrogen and oxygen atoms in total. The maximum atomic E-state index is 13.4. The van der Waals surface area contributed by atoms with Crippen LogP contribution in [-0.4, -0.2) is 59.6 Å². The van der Waals surface area contributed by atoms with Crippen LogP contribution in [-0.2, 0) is 0 Å². The van der Waals surface area contributed by atoms with Gasteiger partial charge in [-0.2, -0.15) is 0 Å². The highest BCUT2D eigenvalue weighted by Crippen LogP contribution is 2.19. The lowest BCUT2D eigenvalue weighted by Crippen LogP contribution is -2.49. The summed E-state index contributed by atoms with van der Waals surface area (Å²) in [4.78, 5) is 16.9. The first-order valence-electron chi connectivity index (χ1n) is 8.73. The second kappa shape index (κ2) is 8.08. The predicted octanol–water partition coefficient (Wildman–Crippen LogP) is 2.69. The van der Waals surface area contributed by atoms with Crippen LogP contribution in [0.3, 0.4) is 0 Å². The Labute approximate surface area is 144 Å². The van der Waals surface area contributed by atoms with E-state index in [1.165, 1.54) is 6.07 Å². The van der Waals surface area contributed by atoms with Crippen molar-refractivity contribution < 1.29 is 14.3 Å². The zero-order chi connectivity index (χ0) is 17.9. The Hall–Kier alpha value is -1.46. The lowest BCUT2D eigenvalue weighted by Gasteiger charge is -2.38. The summed E-state index contributed by atoms with van der Waals surface area (Å²) in [7, 11) is 1.82. The van der Waals surface area contributed by atoms with E-state index in [-0.39, 0.29) is 23.9 Å². The number of hydrogen-bond acceptors (Lipinski definition) is 3. The quantitative estimate of drug-likeness (QED) is 0.899. The highest BCUT2D eigenvalue weighted by atomic mass is 19.1. The van der Waals surface area contributed by atoms with Gasteiger partial charge in [-0.15, -0.1) is 0 Å². The van der Waals surface area contributed by atoms with E-state index in [0.717, 1.165) is 32.5 Å². The van der Waals surface area contributed by atoms with E-state index in [1.54, 1.807) is 24.0 Å². The van der Waals surface area contributed by atoms with Gasteiger partial charge in [-0.3, -0.25) is 4.79 Å². The highest BCUT2D eigenvalue weighted by molar-refractivity contribution is 5.94. The monoisotopic (exact) mass is 336 g/mol. The van der Waals surface area contributed by atoms with Crippen LogP contribution in [0.4, 0.5) is 4.39 Å². The van der Waals surface area contributed by atoms with Crippen molar-refractivity contribution in [1.82, 2.24) is 9.80 Å². The van der Waals surface area contributed by atoms with Gasteiger partial charge in [0.2, 0.25) is 0 Å². The standard InChI is InChI=1S/C19H29FN2O2/c1-13(2)18(12-22-9-7-16(23)8-10-22)21(4)19(24)15-5-6-17(20)14(3)11-15/h5-6,11,13,16,18,23H,7-10,12H2,1-4H3. The number of aliphatic hydroxyl groups excluding tert-OH is 1. The van der Waals surface area contributed by atoms with Crippen LogP contribution in [0.5, 0.6) is 0 Å². The Balaban J connectivity index is 2.08. The minimum absolute atomic E-state index is 0.0751. The van der Waals surface area contributed by atoms with Crippen LogP contribution in [0.2, 0.25) is 0 Å².